The maximum Gasteiger partial charge on any atom is 0.260 e. The molecule has 1 aromatic carbocycles. The van der Waals surface area contributed by atoms with Crippen molar-refractivity contribution in [2.75, 3.05) is 25.5 Å². The Balaban J connectivity index is 1.59. The minimum atomic E-state index is -0.318. The molecule has 1 aromatic heterocycles. The molecule has 1 aliphatic rings. The number of rotatable bonds is 4. The number of H-pyrrole nitrogens is 1. The molecule has 0 saturated carbocycles. The highest BCUT2D eigenvalue weighted by Gasteiger charge is 2.25. The lowest BCUT2D eigenvalue weighted by Crippen LogP contribution is -2.43. The molecule has 132 valence electrons. The zero-order valence-electron chi connectivity index (χ0n) is 14.5. The third kappa shape index (κ3) is 4.02. The molecular formula is C19H23N3O3. The molecule has 6 heteroatoms. The predicted molar refractivity (Wildman–Crippen MR) is 97.3 cm³/mol. The van der Waals surface area contributed by atoms with Gasteiger partial charge in [0.25, 0.3) is 11.5 Å². The minimum absolute atomic E-state index is 0.193. The van der Waals surface area contributed by atoms with E-state index in [0.29, 0.717) is 19.1 Å². The van der Waals surface area contributed by atoms with Crippen LogP contribution in [0.2, 0.25) is 0 Å². The number of ether oxygens (including phenoxy) is 1. The topological polar surface area (TPSA) is 74.4 Å². The molecule has 2 heterocycles. The Morgan fingerprint density at radius 1 is 1.24 bits per heavy atom. The van der Waals surface area contributed by atoms with E-state index in [2.05, 4.69) is 10.3 Å². The summed E-state index contributed by atoms with van der Waals surface area (Å²) in [5.41, 5.74) is 1.66. The van der Waals surface area contributed by atoms with Crippen molar-refractivity contribution in [3.8, 4) is 5.75 Å². The van der Waals surface area contributed by atoms with Crippen LogP contribution in [0.15, 0.2) is 41.2 Å². The zero-order chi connectivity index (χ0) is 17.8. The molecule has 25 heavy (non-hydrogen) atoms. The number of hydrogen-bond donors (Lipinski definition) is 2. The third-order valence-corrected chi connectivity index (χ3v) is 4.51. The van der Waals surface area contributed by atoms with Crippen LogP contribution in [0.3, 0.4) is 0 Å². The van der Waals surface area contributed by atoms with Crippen molar-refractivity contribution in [2.45, 2.75) is 25.8 Å². The highest BCUT2D eigenvalue weighted by Crippen LogP contribution is 2.21. The van der Waals surface area contributed by atoms with Crippen LogP contribution in [0.5, 0.6) is 5.75 Å². The number of piperidine rings is 1. The SMILES string of the molecule is COc1cccc(NC2CCN(C(=O)c3ccc(C)[nH]c3=O)CC2)c1. The Hall–Kier alpha value is -2.76. The minimum Gasteiger partial charge on any atom is -0.497 e. The quantitative estimate of drug-likeness (QED) is 0.896. The summed E-state index contributed by atoms with van der Waals surface area (Å²) >= 11 is 0. The molecule has 1 aliphatic heterocycles. The van der Waals surface area contributed by atoms with Crippen molar-refractivity contribution in [1.29, 1.82) is 0 Å². The number of pyridine rings is 1. The molecule has 0 radical (unpaired) electrons. The maximum atomic E-state index is 12.5. The number of likely N-dealkylation sites (tertiary alicyclic amines) is 1. The van der Waals surface area contributed by atoms with Crippen molar-refractivity contribution in [1.82, 2.24) is 9.88 Å². The number of nitrogens with one attached hydrogen (secondary N) is 2. The van der Waals surface area contributed by atoms with E-state index in [9.17, 15) is 9.59 Å². The molecule has 3 rings (SSSR count). The standard InChI is InChI=1S/C19H23N3O3/c1-13-6-7-17(18(23)20-13)19(24)22-10-8-14(9-11-22)21-15-4-3-5-16(12-15)25-2/h3-7,12,14,21H,8-11H2,1-2H3,(H,20,23). The molecule has 2 aromatic rings. The normalized spacial score (nSPS) is 15.0. The zero-order valence-corrected chi connectivity index (χ0v) is 14.5. The molecule has 0 spiro atoms. The van der Waals surface area contributed by atoms with Crippen molar-refractivity contribution in [3.05, 3.63) is 58.0 Å². The molecule has 1 amide bonds. The van der Waals surface area contributed by atoms with Crippen LogP contribution in [0.1, 0.15) is 28.9 Å². The molecule has 6 nitrogen and oxygen atoms in total. The van der Waals surface area contributed by atoms with Gasteiger partial charge in [0.1, 0.15) is 11.3 Å². The fraction of sp³-hybridized carbons (Fsp3) is 0.368. The fourth-order valence-corrected chi connectivity index (χ4v) is 3.09. The molecule has 0 bridgehead atoms. The van der Waals surface area contributed by atoms with Crippen LogP contribution in [0.25, 0.3) is 0 Å². The first kappa shape index (κ1) is 17.1. The smallest absolute Gasteiger partial charge is 0.260 e. The van der Waals surface area contributed by atoms with Crippen molar-refractivity contribution in [2.24, 2.45) is 0 Å². The van der Waals surface area contributed by atoms with E-state index in [4.69, 9.17) is 4.74 Å². The summed E-state index contributed by atoms with van der Waals surface area (Å²) in [6.07, 6.45) is 1.68. The Bertz CT molecular complexity index is 808. The Morgan fingerprint density at radius 2 is 2.00 bits per heavy atom. The number of carbonyl (C=O) groups is 1. The van der Waals surface area contributed by atoms with Gasteiger partial charge in [0.2, 0.25) is 0 Å². The third-order valence-electron chi connectivity index (χ3n) is 4.51. The molecule has 0 unspecified atom stereocenters. The summed E-state index contributed by atoms with van der Waals surface area (Å²) in [7, 11) is 1.65. The van der Waals surface area contributed by atoms with Gasteiger partial charge in [-0.3, -0.25) is 9.59 Å². The van der Waals surface area contributed by atoms with Gasteiger partial charge in [-0.15, -0.1) is 0 Å². The Morgan fingerprint density at radius 3 is 2.68 bits per heavy atom. The lowest BCUT2D eigenvalue weighted by molar-refractivity contribution is 0.0716. The fourth-order valence-electron chi connectivity index (χ4n) is 3.09. The molecule has 1 saturated heterocycles. The molecular weight excluding hydrogens is 318 g/mol. The summed E-state index contributed by atoms with van der Waals surface area (Å²) in [4.78, 5) is 28.9. The van der Waals surface area contributed by atoms with Crippen LogP contribution >= 0.6 is 0 Å². The summed E-state index contributed by atoms with van der Waals surface area (Å²) in [5, 5.41) is 3.49. The first-order valence-electron chi connectivity index (χ1n) is 8.46. The van der Waals surface area contributed by atoms with Crippen molar-refractivity contribution >= 4 is 11.6 Å². The van der Waals surface area contributed by atoms with Gasteiger partial charge in [-0.2, -0.15) is 0 Å². The Labute approximate surface area is 146 Å². The van der Waals surface area contributed by atoms with Crippen molar-refractivity contribution < 1.29 is 9.53 Å². The lowest BCUT2D eigenvalue weighted by Gasteiger charge is -2.32. The number of aromatic amines is 1. The van der Waals surface area contributed by atoms with Crippen LogP contribution < -0.4 is 15.6 Å². The molecule has 0 atom stereocenters. The monoisotopic (exact) mass is 341 g/mol. The molecule has 0 aliphatic carbocycles. The van der Waals surface area contributed by atoms with Gasteiger partial charge in [0.15, 0.2) is 0 Å². The highest BCUT2D eigenvalue weighted by atomic mass is 16.5. The van der Waals surface area contributed by atoms with Gasteiger partial charge in [-0.25, -0.2) is 0 Å². The average molecular weight is 341 g/mol. The van der Waals surface area contributed by atoms with Gasteiger partial charge in [-0.05, 0) is 44.0 Å². The lowest BCUT2D eigenvalue weighted by atomic mass is 10.0. The number of benzene rings is 1. The number of carbonyl (C=O) groups excluding carboxylic acids is 1. The van der Waals surface area contributed by atoms with E-state index in [1.54, 1.807) is 31.1 Å². The van der Waals surface area contributed by atoms with Crippen molar-refractivity contribution in [3.63, 3.8) is 0 Å². The van der Waals surface area contributed by atoms with E-state index in [-0.39, 0.29) is 17.0 Å². The second-order valence-corrected chi connectivity index (χ2v) is 6.33. The number of methoxy groups -OCH3 is 1. The van der Waals surface area contributed by atoms with Gasteiger partial charge >= 0.3 is 0 Å². The number of amides is 1. The highest BCUT2D eigenvalue weighted by molar-refractivity contribution is 5.93. The number of aromatic nitrogens is 1. The first-order chi connectivity index (χ1) is 12.1. The number of nitrogens with zero attached hydrogens (tertiary/aromatic N) is 1. The molecule has 2 N–H and O–H groups in total. The second kappa shape index (κ2) is 7.42. The summed E-state index contributed by atoms with van der Waals surface area (Å²) < 4.78 is 5.24. The van der Waals surface area contributed by atoms with Crippen LogP contribution in [0, 0.1) is 6.92 Å². The van der Waals surface area contributed by atoms with E-state index in [1.807, 2.05) is 24.3 Å². The maximum absolute atomic E-state index is 12.5. The van der Waals surface area contributed by atoms with E-state index in [1.165, 1.54) is 0 Å². The van der Waals surface area contributed by atoms with E-state index < -0.39 is 0 Å². The average Bonchev–Trinajstić information content (AvgIpc) is 2.62. The predicted octanol–water partition coefficient (Wildman–Crippen LogP) is 2.41. The van der Waals surface area contributed by atoms with E-state index >= 15 is 0 Å². The number of aryl methyl sites for hydroxylation is 1. The van der Waals surface area contributed by atoms with Gasteiger partial charge in [0.05, 0.1) is 7.11 Å². The summed E-state index contributed by atoms with van der Waals surface area (Å²) in [6, 6.07) is 11.5. The van der Waals surface area contributed by atoms with E-state index in [0.717, 1.165) is 30.0 Å². The first-order valence-corrected chi connectivity index (χ1v) is 8.46. The Kier molecular flexibility index (Phi) is 5.07. The largest absolute Gasteiger partial charge is 0.497 e. The van der Waals surface area contributed by atoms with Gasteiger partial charge in [-0.1, -0.05) is 6.07 Å². The summed E-state index contributed by atoms with van der Waals surface area (Å²) in [5.74, 6) is 0.622. The van der Waals surface area contributed by atoms with Crippen LogP contribution in [-0.4, -0.2) is 42.0 Å². The molecule has 1 fully saturated rings. The van der Waals surface area contributed by atoms with Gasteiger partial charge in [0, 0.05) is 36.6 Å². The number of anilines is 1. The summed E-state index contributed by atoms with van der Waals surface area (Å²) in [6.45, 7) is 3.06. The van der Waals surface area contributed by atoms with Gasteiger partial charge < -0.3 is 19.9 Å². The van der Waals surface area contributed by atoms with Crippen LogP contribution in [-0.2, 0) is 0 Å². The van der Waals surface area contributed by atoms with Crippen LogP contribution in [0.4, 0.5) is 5.69 Å². The second-order valence-electron chi connectivity index (χ2n) is 6.33. The number of hydrogen-bond acceptors (Lipinski definition) is 4.